The van der Waals surface area contributed by atoms with Gasteiger partial charge in [0.05, 0.1) is 22.1 Å². The fraction of sp³-hybridized carbons (Fsp3) is 0. The molecule has 6 heteroatoms. The van der Waals surface area contributed by atoms with Gasteiger partial charge in [-0.1, -0.05) is 70.5 Å². The molecule has 0 fully saturated rings. The first-order valence-corrected chi connectivity index (χ1v) is 11.7. The molecule has 0 bridgehead atoms. The topological polar surface area (TPSA) is 49.8 Å². The summed E-state index contributed by atoms with van der Waals surface area (Å²) in [5, 5.41) is 11.6. The van der Waals surface area contributed by atoms with E-state index in [1.54, 1.807) is 0 Å². The standard InChI is InChI=1S/C27H17BrN4S/c28-16-6-5-7-17(14-16)29-27(33)30-18-12-13-23-24(15-18)32-26-22-11-4-2-9-20(22)19-8-1-3-10-21(19)25(26)31-23/h1-15H,(H2,29,30,33). The average molecular weight is 509 g/mol. The Morgan fingerprint density at radius 2 is 1.18 bits per heavy atom. The van der Waals surface area contributed by atoms with Gasteiger partial charge in [-0.3, -0.25) is 0 Å². The smallest absolute Gasteiger partial charge is 0.175 e. The van der Waals surface area contributed by atoms with Crippen molar-refractivity contribution in [1.29, 1.82) is 0 Å². The van der Waals surface area contributed by atoms with Crippen molar-refractivity contribution in [3.8, 4) is 0 Å². The van der Waals surface area contributed by atoms with Gasteiger partial charge in [0.2, 0.25) is 0 Å². The van der Waals surface area contributed by atoms with Gasteiger partial charge in [0.1, 0.15) is 0 Å². The van der Waals surface area contributed by atoms with Gasteiger partial charge >= 0.3 is 0 Å². The Morgan fingerprint density at radius 1 is 0.606 bits per heavy atom. The van der Waals surface area contributed by atoms with Crippen molar-refractivity contribution in [2.24, 2.45) is 0 Å². The lowest BCUT2D eigenvalue weighted by Crippen LogP contribution is -2.19. The SMILES string of the molecule is S=C(Nc1cccc(Br)c1)Nc1ccc2nc3c4ccccc4c4ccccc4c3nc2c1. The molecule has 6 aromatic rings. The number of hydrogen-bond acceptors (Lipinski definition) is 3. The van der Waals surface area contributed by atoms with Crippen molar-refractivity contribution >= 4 is 88.2 Å². The molecular weight excluding hydrogens is 492 g/mol. The Hall–Kier alpha value is -3.61. The monoisotopic (exact) mass is 508 g/mol. The Kier molecular flexibility index (Phi) is 4.89. The summed E-state index contributed by atoms with van der Waals surface area (Å²) in [6.07, 6.45) is 0. The highest BCUT2D eigenvalue weighted by Gasteiger charge is 2.12. The highest BCUT2D eigenvalue weighted by molar-refractivity contribution is 9.10. The predicted molar refractivity (Wildman–Crippen MR) is 146 cm³/mol. The van der Waals surface area contributed by atoms with Crippen LogP contribution in [0.3, 0.4) is 0 Å². The first kappa shape index (κ1) is 20.0. The number of benzene rings is 5. The minimum atomic E-state index is 0.512. The maximum absolute atomic E-state index is 5.50. The van der Waals surface area contributed by atoms with Crippen LogP contribution in [0.4, 0.5) is 11.4 Å². The first-order chi connectivity index (χ1) is 16.2. The van der Waals surface area contributed by atoms with Gasteiger partial charge in [0, 0.05) is 26.6 Å². The number of anilines is 2. The van der Waals surface area contributed by atoms with Crippen LogP contribution in [0.5, 0.6) is 0 Å². The zero-order chi connectivity index (χ0) is 22.4. The minimum Gasteiger partial charge on any atom is -0.332 e. The first-order valence-electron chi connectivity index (χ1n) is 10.5. The molecule has 0 aliphatic rings. The van der Waals surface area contributed by atoms with Gasteiger partial charge in [-0.25, -0.2) is 9.97 Å². The number of rotatable bonds is 2. The van der Waals surface area contributed by atoms with Crippen molar-refractivity contribution in [3.05, 3.63) is 95.5 Å². The summed E-state index contributed by atoms with van der Waals surface area (Å²) in [7, 11) is 0. The van der Waals surface area contributed by atoms with Crippen molar-refractivity contribution in [1.82, 2.24) is 9.97 Å². The summed E-state index contributed by atoms with van der Waals surface area (Å²) in [4.78, 5) is 10.1. The number of fused-ring (bicyclic) bond motifs is 7. The Labute approximate surface area is 203 Å². The second kappa shape index (κ2) is 8.06. The van der Waals surface area contributed by atoms with Crippen molar-refractivity contribution in [2.75, 3.05) is 10.6 Å². The maximum Gasteiger partial charge on any atom is 0.175 e. The molecule has 0 spiro atoms. The van der Waals surface area contributed by atoms with Crippen LogP contribution in [0.2, 0.25) is 0 Å². The van der Waals surface area contributed by atoms with E-state index in [1.165, 1.54) is 10.8 Å². The second-order valence-electron chi connectivity index (χ2n) is 7.80. The Bertz CT molecular complexity index is 1710. The summed E-state index contributed by atoms with van der Waals surface area (Å²) in [6.45, 7) is 0. The highest BCUT2D eigenvalue weighted by atomic mass is 79.9. The van der Waals surface area contributed by atoms with Gasteiger partial charge < -0.3 is 10.6 Å². The molecule has 0 saturated heterocycles. The second-order valence-corrected chi connectivity index (χ2v) is 9.13. The van der Waals surface area contributed by atoms with Crippen molar-refractivity contribution in [2.45, 2.75) is 0 Å². The van der Waals surface area contributed by atoms with Gasteiger partial charge in [0.15, 0.2) is 5.11 Å². The van der Waals surface area contributed by atoms with Gasteiger partial charge in [-0.15, -0.1) is 0 Å². The van der Waals surface area contributed by atoms with E-state index < -0.39 is 0 Å². The quantitative estimate of drug-likeness (QED) is 0.143. The molecule has 6 rings (SSSR count). The van der Waals surface area contributed by atoms with Crippen LogP contribution in [0.15, 0.2) is 95.5 Å². The highest BCUT2D eigenvalue weighted by Crippen LogP contribution is 2.34. The van der Waals surface area contributed by atoms with Gasteiger partial charge in [-0.2, -0.15) is 0 Å². The van der Waals surface area contributed by atoms with E-state index in [-0.39, 0.29) is 0 Å². The van der Waals surface area contributed by atoms with Crippen molar-refractivity contribution in [3.63, 3.8) is 0 Å². The Morgan fingerprint density at radius 3 is 1.82 bits per heavy atom. The molecule has 0 atom stereocenters. The van der Waals surface area contributed by atoms with Crippen LogP contribution in [0, 0.1) is 0 Å². The van der Waals surface area contributed by atoms with E-state index in [2.05, 4.69) is 69.0 Å². The molecule has 4 nitrogen and oxygen atoms in total. The zero-order valence-corrected chi connectivity index (χ0v) is 19.7. The molecule has 0 aliphatic carbocycles. The predicted octanol–water partition coefficient (Wildman–Crippen LogP) is 7.66. The molecule has 0 unspecified atom stereocenters. The lowest BCUT2D eigenvalue weighted by Gasteiger charge is -2.12. The maximum atomic E-state index is 5.50. The Balaban J connectivity index is 1.45. The minimum absolute atomic E-state index is 0.512. The van der Waals surface area contributed by atoms with Crippen LogP contribution in [0.25, 0.3) is 43.6 Å². The third-order valence-corrected chi connectivity index (χ3v) is 6.36. The number of thiocarbonyl (C=S) groups is 1. The van der Waals surface area contributed by atoms with E-state index >= 15 is 0 Å². The number of halogens is 1. The molecule has 2 N–H and O–H groups in total. The van der Waals surface area contributed by atoms with E-state index in [1.807, 2.05) is 48.5 Å². The summed E-state index contributed by atoms with van der Waals surface area (Å²) in [5.74, 6) is 0. The summed E-state index contributed by atoms with van der Waals surface area (Å²) < 4.78 is 0.989. The van der Waals surface area contributed by atoms with Crippen molar-refractivity contribution < 1.29 is 0 Å². The summed E-state index contributed by atoms with van der Waals surface area (Å²) in [5.41, 5.74) is 5.26. The van der Waals surface area contributed by atoms with E-state index in [9.17, 15) is 0 Å². The molecule has 33 heavy (non-hydrogen) atoms. The number of hydrogen-bond donors (Lipinski definition) is 2. The number of aromatic nitrogens is 2. The molecule has 158 valence electrons. The number of nitrogens with one attached hydrogen (secondary N) is 2. The van der Waals surface area contributed by atoms with Crippen LogP contribution in [0.1, 0.15) is 0 Å². The van der Waals surface area contributed by atoms with Gasteiger partial charge in [-0.05, 0) is 59.4 Å². The lowest BCUT2D eigenvalue weighted by molar-refractivity contribution is 1.41. The summed E-state index contributed by atoms with van der Waals surface area (Å²) >= 11 is 8.98. The fourth-order valence-corrected chi connectivity index (χ4v) is 4.85. The average Bonchev–Trinajstić information content (AvgIpc) is 2.83. The normalized spacial score (nSPS) is 11.3. The molecular formula is C27H17BrN4S. The molecule has 5 aromatic carbocycles. The van der Waals surface area contributed by atoms with E-state index in [4.69, 9.17) is 22.2 Å². The van der Waals surface area contributed by atoms with Crippen LogP contribution < -0.4 is 10.6 Å². The summed E-state index contributed by atoms with van der Waals surface area (Å²) in [6, 6.07) is 30.6. The molecule has 0 amide bonds. The molecule has 1 aromatic heterocycles. The third kappa shape index (κ3) is 3.67. The van der Waals surface area contributed by atoms with Crippen LogP contribution in [-0.2, 0) is 0 Å². The third-order valence-electron chi connectivity index (χ3n) is 5.66. The molecule has 0 radical (unpaired) electrons. The van der Waals surface area contributed by atoms with E-state index in [0.29, 0.717) is 5.11 Å². The van der Waals surface area contributed by atoms with Gasteiger partial charge in [0.25, 0.3) is 0 Å². The van der Waals surface area contributed by atoms with Crippen LogP contribution in [-0.4, -0.2) is 15.1 Å². The molecule has 1 heterocycles. The zero-order valence-electron chi connectivity index (χ0n) is 17.3. The lowest BCUT2D eigenvalue weighted by atomic mass is 9.99. The van der Waals surface area contributed by atoms with Crippen LogP contribution >= 0.6 is 28.1 Å². The van der Waals surface area contributed by atoms with E-state index in [0.717, 1.165) is 48.7 Å². The largest absolute Gasteiger partial charge is 0.332 e. The molecule has 0 saturated carbocycles. The fourth-order valence-electron chi connectivity index (χ4n) is 4.22. The molecule has 0 aliphatic heterocycles. The number of nitrogens with zero attached hydrogens (tertiary/aromatic N) is 2.